The molecule has 0 aliphatic carbocycles. The Balaban J connectivity index is 1.48. The van der Waals surface area contributed by atoms with Crippen LogP contribution in [0, 0.1) is 0 Å². The Hall–Kier alpha value is -3.08. The van der Waals surface area contributed by atoms with E-state index in [2.05, 4.69) is 6.92 Å². The molecule has 0 amide bonds. The summed E-state index contributed by atoms with van der Waals surface area (Å²) < 4.78 is 15.7. The van der Waals surface area contributed by atoms with Crippen molar-refractivity contribution < 1.29 is 23.5 Å². The van der Waals surface area contributed by atoms with Crippen LogP contribution in [0.15, 0.2) is 59.0 Å². The number of rotatable bonds is 7. The van der Waals surface area contributed by atoms with Gasteiger partial charge < -0.3 is 13.9 Å². The number of para-hydroxylation sites is 1. The lowest BCUT2D eigenvalue weighted by atomic mass is 10.2. The van der Waals surface area contributed by atoms with E-state index in [-0.39, 0.29) is 19.0 Å². The van der Waals surface area contributed by atoms with E-state index in [9.17, 15) is 9.59 Å². The highest BCUT2D eigenvalue weighted by Gasteiger charge is 2.15. The molecule has 1 aromatic heterocycles. The summed E-state index contributed by atoms with van der Waals surface area (Å²) in [5.41, 5.74) is 1.81. The van der Waals surface area contributed by atoms with Gasteiger partial charge in [0.2, 0.25) is 5.78 Å². The summed E-state index contributed by atoms with van der Waals surface area (Å²) in [6, 6.07) is 16.4. The molecule has 3 rings (SSSR count). The van der Waals surface area contributed by atoms with E-state index >= 15 is 0 Å². The fourth-order valence-electron chi connectivity index (χ4n) is 2.34. The molecule has 0 saturated heterocycles. The first-order valence-corrected chi connectivity index (χ1v) is 8.05. The quantitative estimate of drug-likeness (QED) is 0.484. The first-order valence-electron chi connectivity index (χ1n) is 8.05. The van der Waals surface area contributed by atoms with Gasteiger partial charge in [0.25, 0.3) is 0 Å². The Labute approximate surface area is 145 Å². The molecule has 2 aromatic carbocycles. The first-order chi connectivity index (χ1) is 12.2. The highest BCUT2D eigenvalue weighted by Crippen LogP contribution is 2.19. The van der Waals surface area contributed by atoms with Gasteiger partial charge in [0, 0.05) is 5.39 Å². The van der Waals surface area contributed by atoms with E-state index in [0.717, 1.165) is 11.8 Å². The molecule has 0 aliphatic rings. The molecule has 0 fully saturated rings. The monoisotopic (exact) mass is 338 g/mol. The van der Waals surface area contributed by atoms with Crippen LogP contribution in [0.25, 0.3) is 11.0 Å². The van der Waals surface area contributed by atoms with Crippen LogP contribution in [-0.4, -0.2) is 25.0 Å². The van der Waals surface area contributed by atoms with Crippen LogP contribution >= 0.6 is 0 Å². The van der Waals surface area contributed by atoms with E-state index in [1.807, 2.05) is 30.3 Å². The molecule has 25 heavy (non-hydrogen) atoms. The molecular weight excluding hydrogens is 320 g/mol. The molecule has 0 saturated carbocycles. The predicted molar refractivity (Wildman–Crippen MR) is 92.8 cm³/mol. The van der Waals surface area contributed by atoms with Crippen LogP contribution in [0.3, 0.4) is 0 Å². The van der Waals surface area contributed by atoms with Crippen LogP contribution in [0.2, 0.25) is 0 Å². The highest BCUT2D eigenvalue weighted by molar-refractivity contribution is 5.99. The van der Waals surface area contributed by atoms with Gasteiger partial charge >= 0.3 is 5.97 Å². The van der Waals surface area contributed by atoms with E-state index < -0.39 is 11.8 Å². The maximum atomic E-state index is 12.1. The minimum atomic E-state index is -0.607. The Morgan fingerprint density at radius 3 is 2.48 bits per heavy atom. The molecule has 0 N–H and O–H groups in total. The van der Waals surface area contributed by atoms with Crippen LogP contribution in [-0.2, 0) is 16.0 Å². The van der Waals surface area contributed by atoms with Gasteiger partial charge in [0.15, 0.2) is 19.0 Å². The molecule has 0 atom stereocenters. The number of benzene rings is 2. The zero-order valence-corrected chi connectivity index (χ0v) is 13.9. The topological polar surface area (TPSA) is 65.7 Å². The Kier molecular flexibility index (Phi) is 5.14. The number of ketones is 1. The Morgan fingerprint density at radius 1 is 1.00 bits per heavy atom. The van der Waals surface area contributed by atoms with Crippen molar-refractivity contribution in [3.8, 4) is 5.75 Å². The fourth-order valence-corrected chi connectivity index (χ4v) is 2.34. The van der Waals surface area contributed by atoms with Crippen molar-refractivity contribution in [2.75, 3.05) is 13.2 Å². The third kappa shape index (κ3) is 4.26. The summed E-state index contributed by atoms with van der Waals surface area (Å²) in [4.78, 5) is 23.8. The molecule has 0 bridgehead atoms. The number of aryl methyl sites for hydroxylation is 1. The number of carbonyl (C=O) groups is 2. The molecular formula is C20H18O5. The van der Waals surface area contributed by atoms with Crippen molar-refractivity contribution >= 4 is 22.7 Å². The molecule has 0 aliphatic heterocycles. The number of esters is 1. The van der Waals surface area contributed by atoms with Gasteiger partial charge in [-0.2, -0.15) is 0 Å². The van der Waals surface area contributed by atoms with Gasteiger partial charge in [-0.25, -0.2) is 4.79 Å². The average Bonchev–Trinajstić information content (AvgIpc) is 3.09. The summed E-state index contributed by atoms with van der Waals surface area (Å²) in [5.74, 6) is -0.247. The van der Waals surface area contributed by atoms with Crippen LogP contribution < -0.4 is 4.74 Å². The van der Waals surface area contributed by atoms with Crippen molar-refractivity contribution in [1.82, 2.24) is 0 Å². The lowest BCUT2D eigenvalue weighted by Gasteiger charge is -2.06. The maximum absolute atomic E-state index is 12.1. The first kappa shape index (κ1) is 16.8. The second kappa shape index (κ2) is 7.66. The van der Waals surface area contributed by atoms with E-state index in [4.69, 9.17) is 13.9 Å². The Morgan fingerprint density at radius 2 is 1.76 bits per heavy atom. The summed E-state index contributed by atoms with van der Waals surface area (Å²) in [6.07, 6.45) is 0.937. The lowest BCUT2D eigenvalue weighted by molar-refractivity contribution is -0.144. The highest BCUT2D eigenvalue weighted by atomic mass is 16.6. The van der Waals surface area contributed by atoms with Crippen molar-refractivity contribution in [3.63, 3.8) is 0 Å². The second-order valence-corrected chi connectivity index (χ2v) is 5.52. The lowest BCUT2D eigenvalue weighted by Crippen LogP contribution is -2.19. The molecule has 1 heterocycles. The normalized spacial score (nSPS) is 10.6. The molecule has 0 unspecified atom stereocenters. The molecule has 0 spiro atoms. The molecule has 0 radical (unpaired) electrons. The van der Waals surface area contributed by atoms with Gasteiger partial charge in [-0.3, -0.25) is 4.79 Å². The van der Waals surface area contributed by atoms with Crippen LogP contribution in [0.4, 0.5) is 0 Å². The smallest absolute Gasteiger partial charge is 0.344 e. The van der Waals surface area contributed by atoms with Crippen molar-refractivity contribution in [2.45, 2.75) is 13.3 Å². The summed E-state index contributed by atoms with van der Waals surface area (Å²) in [5, 5.41) is 0.830. The van der Waals surface area contributed by atoms with Gasteiger partial charge in [0.05, 0.1) is 0 Å². The summed E-state index contributed by atoms with van der Waals surface area (Å²) >= 11 is 0. The zero-order valence-electron chi connectivity index (χ0n) is 13.9. The number of ether oxygens (including phenoxy) is 2. The molecule has 128 valence electrons. The predicted octanol–water partition coefficient (Wildman–Crippen LogP) is 3.80. The molecule has 5 heteroatoms. The minimum Gasteiger partial charge on any atom is -0.482 e. The minimum absolute atomic E-state index is 0.171. The standard InChI is InChI=1S/C20H18O5/c1-2-14-7-9-16(10-8-14)23-13-20(22)24-12-17(21)19-11-15-5-3-4-6-18(15)25-19/h3-11H,2,12-13H2,1H3. The summed E-state index contributed by atoms with van der Waals surface area (Å²) in [6.45, 7) is 1.43. The third-order valence-electron chi connectivity index (χ3n) is 3.75. The van der Waals surface area contributed by atoms with Gasteiger partial charge in [-0.1, -0.05) is 37.3 Å². The van der Waals surface area contributed by atoms with E-state index in [1.165, 1.54) is 5.56 Å². The van der Waals surface area contributed by atoms with E-state index in [1.54, 1.807) is 24.3 Å². The van der Waals surface area contributed by atoms with Crippen molar-refractivity contribution in [3.05, 3.63) is 65.9 Å². The fraction of sp³-hybridized carbons (Fsp3) is 0.200. The number of Topliss-reactive ketones (excluding diaryl/α,β-unsaturated/α-hetero) is 1. The average molecular weight is 338 g/mol. The van der Waals surface area contributed by atoms with Gasteiger partial charge in [0.1, 0.15) is 11.3 Å². The number of carbonyl (C=O) groups excluding carboxylic acids is 2. The summed E-state index contributed by atoms with van der Waals surface area (Å²) in [7, 11) is 0. The second-order valence-electron chi connectivity index (χ2n) is 5.52. The van der Waals surface area contributed by atoms with Gasteiger partial charge in [-0.05, 0) is 36.2 Å². The zero-order chi connectivity index (χ0) is 17.6. The molecule has 5 nitrogen and oxygen atoms in total. The third-order valence-corrected chi connectivity index (χ3v) is 3.75. The molecule has 3 aromatic rings. The number of furan rings is 1. The van der Waals surface area contributed by atoms with Crippen molar-refractivity contribution in [2.24, 2.45) is 0 Å². The largest absolute Gasteiger partial charge is 0.482 e. The van der Waals surface area contributed by atoms with Crippen LogP contribution in [0.1, 0.15) is 23.0 Å². The van der Waals surface area contributed by atoms with E-state index in [0.29, 0.717) is 11.3 Å². The van der Waals surface area contributed by atoms with Crippen LogP contribution in [0.5, 0.6) is 5.75 Å². The maximum Gasteiger partial charge on any atom is 0.344 e. The van der Waals surface area contributed by atoms with Gasteiger partial charge in [-0.15, -0.1) is 0 Å². The Bertz CT molecular complexity index is 843. The number of hydrogen-bond acceptors (Lipinski definition) is 5. The van der Waals surface area contributed by atoms with Crippen molar-refractivity contribution in [1.29, 1.82) is 0 Å². The number of hydrogen-bond donors (Lipinski definition) is 0. The SMILES string of the molecule is CCc1ccc(OCC(=O)OCC(=O)c2cc3ccccc3o2)cc1. The number of fused-ring (bicyclic) bond motifs is 1.